The Kier molecular flexibility index (Phi) is 5.07. The van der Waals surface area contributed by atoms with Crippen molar-refractivity contribution in [3.63, 3.8) is 0 Å². The first-order chi connectivity index (χ1) is 10.0. The van der Waals surface area contributed by atoms with Crippen molar-refractivity contribution in [3.8, 4) is 0 Å². The third-order valence-electron chi connectivity index (χ3n) is 3.13. The van der Waals surface area contributed by atoms with Crippen LogP contribution in [-0.4, -0.2) is 13.5 Å². The van der Waals surface area contributed by atoms with Crippen LogP contribution in [0.1, 0.15) is 18.9 Å². The SMILES string of the molecule is CCCOB(c1ccccc1)c1ccc(C(F)(F)F)cc1. The molecule has 0 fully saturated rings. The summed E-state index contributed by atoms with van der Waals surface area (Å²) in [5.74, 6) is 0. The molecule has 0 bridgehead atoms. The van der Waals surface area contributed by atoms with Gasteiger partial charge in [-0.3, -0.25) is 0 Å². The van der Waals surface area contributed by atoms with Gasteiger partial charge in [0, 0.05) is 6.61 Å². The Hall–Kier alpha value is -1.75. The molecule has 0 spiro atoms. The fourth-order valence-corrected chi connectivity index (χ4v) is 2.10. The van der Waals surface area contributed by atoms with Crippen LogP contribution in [0.15, 0.2) is 54.6 Å². The van der Waals surface area contributed by atoms with Gasteiger partial charge in [0.25, 0.3) is 0 Å². The van der Waals surface area contributed by atoms with E-state index in [9.17, 15) is 13.2 Å². The topological polar surface area (TPSA) is 9.23 Å². The van der Waals surface area contributed by atoms with Gasteiger partial charge in [-0.05, 0) is 17.3 Å². The molecular formula is C16H16BF3O. The highest BCUT2D eigenvalue weighted by molar-refractivity contribution is 6.80. The molecule has 2 aromatic carbocycles. The lowest BCUT2D eigenvalue weighted by molar-refractivity contribution is -0.137. The molecule has 110 valence electrons. The lowest BCUT2D eigenvalue weighted by atomic mass is 9.55. The van der Waals surface area contributed by atoms with E-state index in [0.717, 1.165) is 29.5 Å². The Balaban J connectivity index is 2.29. The van der Waals surface area contributed by atoms with Gasteiger partial charge in [0.15, 0.2) is 0 Å². The molecule has 0 N–H and O–H groups in total. The van der Waals surface area contributed by atoms with Gasteiger partial charge in [-0.15, -0.1) is 0 Å². The van der Waals surface area contributed by atoms with E-state index in [1.807, 2.05) is 37.3 Å². The van der Waals surface area contributed by atoms with E-state index in [-0.39, 0.29) is 6.92 Å². The van der Waals surface area contributed by atoms with Crippen LogP contribution < -0.4 is 10.9 Å². The zero-order valence-corrected chi connectivity index (χ0v) is 11.7. The fourth-order valence-electron chi connectivity index (χ4n) is 2.10. The van der Waals surface area contributed by atoms with Crippen molar-refractivity contribution in [2.24, 2.45) is 0 Å². The summed E-state index contributed by atoms with van der Waals surface area (Å²) in [7, 11) is 0. The smallest absolute Gasteiger partial charge is 0.416 e. The minimum absolute atomic E-state index is 0.339. The van der Waals surface area contributed by atoms with E-state index in [1.165, 1.54) is 12.1 Å². The molecule has 0 radical (unpaired) electrons. The maximum atomic E-state index is 12.6. The quantitative estimate of drug-likeness (QED) is 0.769. The zero-order chi connectivity index (χ0) is 15.3. The molecular weight excluding hydrogens is 276 g/mol. The molecule has 1 nitrogen and oxygen atoms in total. The van der Waals surface area contributed by atoms with Gasteiger partial charge < -0.3 is 4.65 Å². The molecule has 21 heavy (non-hydrogen) atoms. The minimum Gasteiger partial charge on any atom is -0.427 e. The van der Waals surface area contributed by atoms with E-state index >= 15 is 0 Å². The second-order valence-corrected chi connectivity index (χ2v) is 4.78. The van der Waals surface area contributed by atoms with Crippen LogP contribution in [0.3, 0.4) is 0 Å². The van der Waals surface area contributed by atoms with Crippen molar-refractivity contribution in [1.29, 1.82) is 0 Å². The lowest BCUT2D eigenvalue weighted by Crippen LogP contribution is -2.45. The van der Waals surface area contributed by atoms with Crippen LogP contribution >= 0.6 is 0 Å². The molecule has 0 heterocycles. The summed E-state index contributed by atoms with van der Waals surface area (Å²) in [5, 5.41) is 0. The first kappa shape index (κ1) is 15.6. The van der Waals surface area contributed by atoms with E-state index in [1.54, 1.807) is 0 Å². The van der Waals surface area contributed by atoms with Crippen LogP contribution in [0.25, 0.3) is 0 Å². The molecule has 0 aromatic heterocycles. The Morgan fingerprint density at radius 1 is 0.905 bits per heavy atom. The third-order valence-corrected chi connectivity index (χ3v) is 3.13. The monoisotopic (exact) mass is 292 g/mol. The van der Waals surface area contributed by atoms with Gasteiger partial charge in [-0.25, -0.2) is 0 Å². The van der Waals surface area contributed by atoms with Gasteiger partial charge in [0.2, 0.25) is 0 Å². The largest absolute Gasteiger partial charge is 0.427 e. The number of alkyl halides is 3. The summed E-state index contributed by atoms with van der Waals surface area (Å²) < 4.78 is 43.7. The van der Waals surface area contributed by atoms with Crippen LogP contribution in [0.2, 0.25) is 0 Å². The molecule has 0 atom stereocenters. The molecule has 2 aromatic rings. The first-order valence-corrected chi connectivity index (χ1v) is 6.86. The second kappa shape index (κ2) is 6.81. The highest BCUT2D eigenvalue weighted by atomic mass is 19.4. The summed E-state index contributed by atoms with van der Waals surface area (Å²) in [6, 6.07) is 14.7. The normalized spacial score (nSPS) is 11.4. The number of benzene rings is 2. The number of halogens is 3. The zero-order valence-electron chi connectivity index (χ0n) is 11.7. The van der Waals surface area contributed by atoms with E-state index < -0.39 is 11.7 Å². The number of rotatable bonds is 5. The standard InChI is InChI=1S/C16H16BF3O/c1-2-12-21-17(14-6-4-3-5-7-14)15-10-8-13(9-11-15)16(18,19)20/h3-11H,2,12H2,1H3. The van der Waals surface area contributed by atoms with Crippen LogP contribution in [0.4, 0.5) is 13.2 Å². The Labute approximate surface area is 122 Å². The number of hydrogen-bond donors (Lipinski definition) is 0. The Morgan fingerprint density at radius 2 is 1.48 bits per heavy atom. The van der Waals surface area contributed by atoms with Crippen molar-refractivity contribution < 1.29 is 17.8 Å². The van der Waals surface area contributed by atoms with Gasteiger partial charge in [-0.2, -0.15) is 13.2 Å². The van der Waals surface area contributed by atoms with Crippen LogP contribution in [0, 0.1) is 0 Å². The Bertz CT molecular complexity index is 552. The summed E-state index contributed by atoms with van der Waals surface area (Å²) in [5.41, 5.74) is 1.02. The molecule has 0 aliphatic rings. The molecule has 0 aliphatic carbocycles. The maximum Gasteiger partial charge on any atom is 0.416 e. The Morgan fingerprint density at radius 3 is 2.00 bits per heavy atom. The van der Waals surface area contributed by atoms with E-state index in [0.29, 0.717) is 6.61 Å². The maximum absolute atomic E-state index is 12.6. The van der Waals surface area contributed by atoms with Gasteiger partial charge in [0.1, 0.15) is 0 Å². The van der Waals surface area contributed by atoms with Crippen molar-refractivity contribution >= 4 is 17.8 Å². The van der Waals surface area contributed by atoms with Crippen molar-refractivity contribution in [3.05, 3.63) is 60.2 Å². The fraction of sp³-hybridized carbons (Fsp3) is 0.250. The first-order valence-electron chi connectivity index (χ1n) is 6.86. The van der Waals surface area contributed by atoms with Crippen LogP contribution in [0.5, 0.6) is 0 Å². The van der Waals surface area contributed by atoms with E-state index in [4.69, 9.17) is 4.65 Å². The average molecular weight is 292 g/mol. The molecule has 2 rings (SSSR count). The predicted molar refractivity (Wildman–Crippen MR) is 79.2 cm³/mol. The minimum atomic E-state index is -4.31. The highest BCUT2D eigenvalue weighted by Gasteiger charge is 2.31. The van der Waals surface area contributed by atoms with Gasteiger partial charge >= 0.3 is 13.1 Å². The molecule has 0 saturated carbocycles. The molecule has 5 heteroatoms. The number of hydrogen-bond acceptors (Lipinski definition) is 1. The molecule has 0 amide bonds. The summed E-state index contributed by atoms with van der Waals surface area (Å²) >= 11 is 0. The molecule has 0 aliphatic heterocycles. The summed E-state index contributed by atoms with van der Waals surface area (Å²) in [6.07, 6.45) is -3.46. The van der Waals surface area contributed by atoms with Gasteiger partial charge in [0.05, 0.1) is 5.56 Å². The molecule has 0 unspecified atom stereocenters. The van der Waals surface area contributed by atoms with Crippen molar-refractivity contribution in [1.82, 2.24) is 0 Å². The highest BCUT2D eigenvalue weighted by Crippen LogP contribution is 2.28. The summed E-state index contributed by atoms with van der Waals surface area (Å²) in [4.78, 5) is 0. The third kappa shape index (κ3) is 4.11. The molecule has 0 saturated heterocycles. The van der Waals surface area contributed by atoms with Crippen molar-refractivity contribution in [2.45, 2.75) is 19.5 Å². The van der Waals surface area contributed by atoms with E-state index in [2.05, 4.69) is 0 Å². The average Bonchev–Trinajstić information content (AvgIpc) is 2.48. The lowest BCUT2D eigenvalue weighted by Gasteiger charge is -2.16. The van der Waals surface area contributed by atoms with Gasteiger partial charge in [-0.1, -0.05) is 61.5 Å². The predicted octanol–water partition coefficient (Wildman–Crippen LogP) is 3.24. The van der Waals surface area contributed by atoms with Crippen LogP contribution in [-0.2, 0) is 10.8 Å². The summed E-state index contributed by atoms with van der Waals surface area (Å²) in [6.45, 7) is 2.21. The van der Waals surface area contributed by atoms with Crippen molar-refractivity contribution in [2.75, 3.05) is 6.61 Å². The second-order valence-electron chi connectivity index (χ2n) is 4.78.